The summed E-state index contributed by atoms with van der Waals surface area (Å²) in [6.45, 7) is 0. The average molecular weight is 310 g/mol. The topological polar surface area (TPSA) is 76.7 Å². The highest BCUT2D eigenvalue weighted by atomic mass is 32.2. The normalized spacial score (nSPS) is 10.4. The van der Waals surface area contributed by atoms with Gasteiger partial charge in [-0.2, -0.15) is 0 Å². The Balaban J connectivity index is 2.09. The molecule has 0 saturated carbocycles. The average Bonchev–Trinajstić information content (AvgIpc) is 2.94. The van der Waals surface area contributed by atoms with Gasteiger partial charge in [-0.05, 0) is 30.3 Å². The van der Waals surface area contributed by atoms with Crippen LogP contribution in [0.25, 0.3) is 0 Å². The van der Waals surface area contributed by atoms with Crippen LogP contribution in [0, 0.1) is 5.82 Å². The molecule has 5 nitrogen and oxygen atoms in total. The molecule has 0 fully saturated rings. The summed E-state index contributed by atoms with van der Waals surface area (Å²) in [4.78, 5) is 22.3. The van der Waals surface area contributed by atoms with Crippen LogP contribution in [0.5, 0.6) is 0 Å². The Morgan fingerprint density at radius 1 is 1.33 bits per heavy atom. The number of benzene rings is 1. The predicted molar refractivity (Wildman–Crippen MR) is 73.0 cm³/mol. The first kappa shape index (κ1) is 15.1. The molecule has 0 bridgehead atoms. The highest BCUT2D eigenvalue weighted by molar-refractivity contribution is 7.98. The molecule has 0 aliphatic rings. The maximum absolute atomic E-state index is 13.6. The monoisotopic (exact) mass is 310 g/mol. The van der Waals surface area contributed by atoms with E-state index in [2.05, 4.69) is 4.74 Å². The lowest BCUT2D eigenvalue weighted by molar-refractivity contribution is 0.0563. The van der Waals surface area contributed by atoms with E-state index in [0.29, 0.717) is 5.76 Å². The van der Waals surface area contributed by atoms with E-state index in [4.69, 9.17) is 9.52 Å². The van der Waals surface area contributed by atoms with Gasteiger partial charge in [-0.3, -0.25) is 0 Å². The van der Waals surface area contributed by atoms with E-state index >= 15 is 0 Å². The summed E-state index contributed by atoms with van der Waals surface area (Å²) < 4.78 is 23.4. The van der Waals surface area contributed by atoms with Crippen LogP contribution in [0.2, 0.25) is 0 Å². The molecule has 2 rings (SSSR count). The third-order valence-electron chi connectivity index (χ3n) is 2.60. The summed E-state index contributed by atoms with van der Waals surface area (Å²) in [5, 5.41) is 8.88. The summed E-state index contributed by atoms with van der Waals surface area (Å²) in [5.74, 6) is -1.44. The third-order valence-corrected chi connectivity index (χ3v) is 3.65. The lowest BCUT2D eigenvalue weighted by Crippen LogP contribution is -1.98. The summed E-state index contributed by atoms with van der Waals surface area (Å²) in [6, 6.07) is 6.61. The smallest absolute Gasteiger partial charge is 0.373 e. The number of furan rings is 1. The molecule has 1 heterocycles. The number of thioether (sulfide) groups is 1. The van der Waals surface area contributed by atoms with Crippen molar-refractivity contribution in [3.05, 3.63) is 53.2 Å². The van der Waals surface area contributed by atoms with Gasteiger partial charge in [0, 0.05) is 4.90 Å². The van der Waals surface area contributed by atoms with Crippen LogP contribution in [-0.4, -0.2) is 24.2 Å². The van der Waals surface area contributed by atoms with Gasteiger partial charge in [-0.15, -0.1) is 11.8 Å². The van der Waals surface area contributed by atoms with Crippen molar-refractivity contribution in [1.29, 1.82) is 0 Å². The first-order valence-electron chi connectivity index (χ1n) is 5.84. The number of carbonyl (C=O) groups excluding carboxylic acids is 1. The number of ether oxygens (including phenoxy) is 1. The van der Waals surface area contributed by atoms with Gasteiger partial charge in [0.15, 0.2) is 0 Å². The molecule has 0 unspecified atom stereocenters. The van der Waals surface area contributed by atoms with Crippen molar-refractivity contribution in [1.82, 2.24) is 0 Å². The fourth-order valence-corrected chi connectivity index (χ4v) is 2.43. The van der Waals surface area contributed by atoms with E-state index in [0.717, 1.165) is 17.8 Å². The lowest BCUT2D eigenvalue weighted by atomic mass is 10.2. The standard InChI is InChI=1S/C14H11FO5S/c1-19-14(18)11-5-3-9(20-11)7-21-12-6-8(13(16)17)2-4-10(12)15/h2-6H,7H2,1H3,(H,16,17). The van der Waals surface area contributed by atoms with Crippen LogP contribution < -0.4 is 0 Å². The van der Waals surface area contributed by atoms with E-state index in [9.17, 15) is 14.0 Å². The Hall–Kier alpha value is -2.28. The van der Waals surface area contributed by atoms with Crippen LogP contribution in [0.15, 0.2) is 39.6 Å². The number of methoxy groups -OCH3 is 1. The molecule has 1 N–H and O–H groups in total. The van der Waals surface area contributed by atoms with Crippen molar-refractivity contribution in [3.63, 3.8) is 0 Å². The van der Waals surface area contributed by atoms with E-state index in [1.165, 1.54) is 25.3 Å². The van der Waals surface area contributed by atoms with Crippen LogP contribution in [0.4, 0.5) is 4.39 Å². The number of carbonyl (C=O) groups is 2. The molecular weight excluding hydrogens is 299 g/mol. The molecule has 0 spiro atoms. The number of aromatic carboxylic acids is 1. The molecule has 1 aromatic carbocycles. The zero-order valence-corrected chi connectivity index (χ0v) is 11.8. The molecule has 2 aromatic rings. The molecule has 1 aromatic heterocycles. The summed E-state index contributed by atoms with van der Waals surface area (Å²) >= 11 is 1.08. The summed E-state index contributed by atoms with van der Waals surface area (Å²) in [6.07, 6.45) is 0. The number of carboxylic acid groups (broad SMARTS) is 1. The number of carboxylic acids is 1. The molecule has 7 heteroatoms. The minimum atomic E-state index is -1.12. The van der Waals surface area contributed by atoms with Gasteiger partial charge in [0.1, 0.15) is 11.6 Å². The van der Waals surface area contributed by atoms with Crippen LogP contribution in [-0.2, 0) is 10.5 Å². The molecule has 0 radical (unpaired) electrons. The maximum atomic E-state index is 13.6. The molecule has 21 heavy (non-hydrogen) atoms. The first-order chi connectivity index (χ1) is 10.0. The van der Waals surface area contributed by atoms with Gasteiger partial charge in [0.05, 0.1) is 18.4 Å². The molecule has 0 saturated heterocycles. The number of hydrogen-bond donors (Lipinski definition) is 1. The Bertz CT molecular complexity index is 680. The zero-order valence-electron chi connectivity index (χ0n) is 11.0. The largest absolute Gasteiger partial charge is 0.478 e. The Morgan fingerprint density at radius 2 is 2.10 bits per heavy atom. The van der Waals surface area contributed by atoms with E-state index < -0.39 is 17.8 Å². The molecule has 0 amide bonds. The van der Waals surface area contributed by atoms with Crippen molar-refractivity contribution in [2.24, 2.45) is 0 Å². The lowest BCUT2D eigenvalue weighted by Gasteiger charge is -2.03. The number of esters is 1. The molecule has 110 valence electrons. The van der Waals surface area contributed by atoms with E-state index in [1.807, 2.05) is 0 Å². The highest BCUT2D eigenvalue weighted by Crippen LogP contribution is 2.27. The van der Waals surface area contributed by atoms with Gasteiger partial charge in [-0.25, -0.2) is 14.0 Å². The second kappa shape index (κ2) is 6.45. The van der Waals surface area contributed by atoms with E-state index in [-0.39, 0.29) is 22.0 Å². The predicted octanol–water partition coefficient (Wildman–Crippen LogP) is 3.20. The van der Waals surface area contributed by atoms with E-state index in [1.54, 1.807) is 6.07 Å². The van der Waals surface area contributed by atoms with Crippen molar-refractivity contribution >= 4 is 23.7 Å². The number of hydrogen-bond acceptors (Lipinski definition) is 5. The second-order valence-electron chi connectivity index (χ2n) is 4.00. The van der Waals surface area contributed by atoms with Gasteiger partial charge in [-0.1, -0.05) is 0 Å². The SMILES string of the molecule is COC(=O)c1ccc(CSc2cc(C(=O)O)ccc2F)o1. The Morgan fingerprint density at radius 3 is 2.76 bits per heavy atom. The van der Waals surface area contributed by atoms with Crippen molar-refractivity contribution in [3.8, 4) is 0 Å². The van der Waals surface area contributed by atoms with Crippen molar-refractivity contribution in [2.45, 2.75) is 10.6 Å². The minimum Gasteiger partial charge on any atom is -0.478 e. The highest BCUT2D eigenvalue weighted by Gasteiger charge is 2.13. The molecule has 0 atom stereocenters. The van der Waals surface area contributed by atoms with Crippen LogP contribution in [0.1, 0.15) is 26.7 Å². The fourth-order valence-electron chi connectivity index (χ4n) is 1.56. The third kappa shape index (κ3) is 3.63. The fraction of sp³-hybridized carbons (Fsp3) is 0.143. The quantitative estimate of drug-likeness (QED) is 0.675. The Kier molecular flexibility index (Phi) is 4.64. The van der Waals surface area contributed by atoms with Crippen LogP contribution in [0.3, 0.4) is 0 Å². The molecule has 0 aliphatic carbocycles. The van der Waals surface area contributed by atoms with Gasteiger partial charge in [0.2, 0.25) is 5.76 Å². The maximum Gasteiger partial charge on any atom is 0.373 e. The number of rotatable bonds is 5. The van der Waals surface area contributed by atoms with Crippen LogP contribution >= 0.6 is 11.8 Å². The van der Waals surface area contributed by atoms with Crippen molar-refractivity contribution in [2.75, 3.05) is 7.11 Å². The van der Waals surface area contributed by atoms with Gasteiger partial charge in [0.25, 0.3) is 0 Å². The minimum absolute atomic E-state index is 0.00796. The summed E-state index contributed by atoms with van der Waals surface area (Å²) in [5.41, 5.74) is 0.00796. The number of halogens is 1. The zero-order chi connectivity index (χ0) is 15.4. The van der Waals surface area contributed by atoms with Gasteiger partial charge >= 0.3 is 11.9 Å². The second-order valence-corrected chi connectivity index (χ2v) is 5.01. The first-order valence-corrected chi connectivity index (χ1v) is 6.82. The van der Waals surface area contributed by atoms with Crippen molar-refractivity contribution < 1.29 is 28.2 Å². The van der Waals surface area contributed by atoms with Gasteiger partial charge < -0.3 is 14.3 Å². The molecular formula is C14H11FO5S. The summed E-state index contributed by atoms with van der Waals surface area (Å²) in [7, 11) is 1.24. The molecule has 0 aliphatic heterocycles. The Labute approximate surface area is 123 Å².